The Morgan fingerprint density at radius 1 is 1.32 bits per heavy atom. The van der Waals surface area contributed by atoms with Gasteiger partial charge < -0.3 is 9.73 Å². The fraction of sp³-hybridized carbons (Fsp3) is 0.467. The average molecular weight is 278 g/mol. The summed E-state index contributed by atoms with van der Waals surface area (Å²) in [6, 6.07) is 6.34. The van der Waals surface area contributed by atoms with Crippen molar-refractivity contribution in [3.63, 3.8) is 0 Å². The molecule has 19 heavy (non-hydrogen) atoms. The highest BCUT2D eigenvalue weighted by Gasteiger charge is 2.09. The van der Waals surface area contributed by atoms with Gasteiger partial charge in [0, 0.05) is 23.5 Å². The first-order chi connectivity index (χ1) is 9.29. The summed E-state index contributed by atoms with van der Waals surface area (Å²) in [4.78, 5) is 3.67. The Morgan fingerprint density at radius 3 is 2.95 bits per heavy atom. The summed E-state index contributed by atoms with van der Waals surface area (Å²) in [5, 5.41) is 5.54. The third kappa shape index (κ3) is 4.49. The van der Waals surface area contributed by atoms with Crippen LogP contribution < -0.4 is 5.32 Å². The van der Waals surface area contributed by atoms with Crippen LogP contribution in [0.3, 0.4) is 0 Å². The summed E-state index contributed by atoms with van der Waals surface area (Å²) in [5.41, 5.74) is 1.27. The fourth-order valence-corrected chi connectivity index (χ4v) is 2.82. The number of nitrogens with one attached hydrogen (secondary N) is 1. The van der Waals surface area contributed by atoms with Crippen molar-refractivity contribution >= 4 is 11.3 Å². The van der Waals surface area contributed by atoms with E-state index >= 15 is 0 Å². The molecule has 4 heteroatoms. The first-order valence-corrected chi connectivity index (χ1v) is 7.64. The molecule has 2 aromatic heterocycles. The average Bonchev–Trinajstić information content (AvgIpc) is 3.02. The lowest BCUT2D eigenvalue weighted by molar-refractivity contribution is 0.288. The maximum absolute atomic E-state index is 5.61. The van der Waals surface area contributed by atoms with Gasteiger partial charge in [0.15, 0.2) is 0 Å². The minimum atomic E-state index is 0.855. The van der Waals surface area contributed by atoms with E-state index < -0.39 is 0 Å². The van der Waals surface area contributed by atoms with Gasteiger partial charge in [0.25, 0.3) is 0 Å². The molecular weight excluding hydrogens is 256 g/mol. The lowest BCUT2D eigenvalue weighted by Crippen LogP contribution is -2.19. The molecule has 0 atom stereocenters. The van der Waals surface area contributed by atoms with Crippen molar-refractivity contribution in [2.24, 2.45) is 0 Å². The van der Waals surface area contributed by atoms with Crippen molar-refractivity contribution in [3.8, 4) is 0 Å². The highest BCUT2D eigenvalue weighted by atomic mass is 32.1. The van der Waals surface area contributed by atoms with E-state index in [1.165, 1.54) is 10.4 Å². The summed E-state index contributed by atoms with van der Waals surface area (Å²) >= 11 is 1.80. The van der Waals surface area contributed by atoms with Gasteiger partial charge in [0.2, 0.25) is 0 Å². The van der Waals surface area contributed by atoms with Crippen molar-refractivity contribution in [2.45, 2.75) is 33.0 Å². The second-order valence-electron chi connectivity index (χ2n) is 4.80. The fourth-order valence-electron chi connectivity index (χ4n) is 2.03. The van der Waals surface area contributed by atoms with Gasteiger partial charge in [-0.3, -0.25) is 4.90 Å². The van der Waals surface area contributed by atoms with Crippen LogP contribution in [0.1, 0.15) is 29.5 Å². The van der Waals surface area contributed by atoms with Crippen LogP contribution in [0.5, 0.6) is 0 Å². The largest absolute Gasteiger partial charge is 0.468 e. The standard InChI is InChI=1S/C15H22N2OS/c1-3-7-16-10-13-6-8-18-15(13)12-17(2)11-14-5-4-9-19-14/h4-6,8-9,16H,3,7,10-12H2,1-2H3. The Morgan fingerprint density at radius 2 is 2.21 bits per heavy atom. The first kappa shape index (κ1) is 14.3. The van der Waals surface area contributed by atoms with Gasteiger partial charge in [-0.15, -0.1) is 11.3 Å². The minimum absolute atomic E-state index is 0.855. The topological polar surface area (TPSA) is 28.4 Å². The predicted octanol–water partition coefficient (Wildman–Crippen LogP) is 3.47. The molecule has 0 spiro atoms. The van der Waals surface area contributed by atoms with Crippen LogP contribution >= 0.6 is 11.3 Å². The van der Waals surface area contributed by atoms with E-state index in [0.717, 1.165) is 38.4 Å². The van der Waals surface area contributed by atoms with E-state index in [-0.39, 0.29) is 0 Å². The van der Waals surface area contributed by atoms with Gasteiger partial charge in [-0.25, -0.2) is 0 Å². The Kier molecular flexibility index (Phi) is 5.63. The van der Waals surface area contributed by atoms with Crippen LogP contribution in [0, 0.1) is 0 Å². The molecule has 3 nitrogen and oxygen atoms in total. The Labute approximate surface area is 119 Å². The van der Waals surface area contributed by atoms with E-state index in [2.05, 4.69) is 47.8 Å². The van der Waals surface area contributed by atoms with Crippen molar-refractivity contribution in [2.75, 3.05) is 13.6 Å². The highest BCUT2D eigenvalue weighted by molar-refractivity contribution is 7.09. The van der Waals surface area contributed by atoms with Gasteiger partial charge in [-0.05, 0) is 37.5 Å². The quantitative estimate of drug-likeness (QED) is 0.749. The SMILES string of the molecule is CCCNCc1ccoc1CN(C)Cc1cccs1. The number of rotatable bonds is 8. The van der Waals surface area contributed by atoms with Crippen LogP contribution in [0.25, 0.3) is 0 Å². The molecule has 0 aliphatic heterocycles. The molecule has 0 unspecified atom stereocenters. The molecule has 0 aromatic carbocycles. The van der Waals surface area contributed by atoms with Crippen LogP contribution in [0.2, 0.25) is 0 Å². The second kappa shape index (κ2) is 7.48. The van der Waals surface area contributed by atoms with Crippen LogP contribution in [0.15, 0.2) is 34.3 Å². The van der Waals surface area contributed by atoms with E-state index in [1.807, 2.05) is 0 Å². The summed E-state index contributed by atoms with van der Waals surface area (Å²) in [7, 11) is 2.13. The number of nitrogens with zero attached hydrogens (tertiary/aromatic N) is 1. The maximum Gasteiger partial charge on any atom is 0.122 e. The minimum Gasteiger partial charge on any atom is -0.468 e. The molecule has 0 aliphatic rings. The molecule has 1 N–H and O–H groups in total. The summed E-state index contributed by atoms with van der Waals surface area (Å²) in [6.07, 6.45) is 2.95. The highest BCUT2D eigenvalue weighted by Crippen LogP contribution is 2.16. The maximum atomic E-state index is 5.61. The van der Waals surface area contributed by atoms with Crippen molar-refractivity contribution < 1.29 is 4.42 Å². The van der Waals surface area contributed by atoms with Gasteiger partial charge in [0.05, 0.1) is 12.8 Å². The molecule has 2 heterocycles. The number of hydrogen-bond donors (Lipinski definition) is 1. The molecule has 104 valence electrons. The zero-order valence-corrected chi connectivity index (χ0v) is 12.5. The molecular formula is C15H22N2OS. The third-order valence-corrected chi connectivity index (χ3v) is 3.86. The van der Waals surface area contributed by atoms with Gasteiger partial charge in [0.1, 0.15) is 5.76 Å². The Balaban J connectivity index is 1.86. The van der Waals surface area contributed by atoms with Gasteiger partial charge in [-0.2, -0.15) is 0 Å². The van der Waals surface area contributed by atoms with Gasteiger partial charge >= 0.3 is 0 Å². The zero-order valence-electron chi connectivity index (χ0n) is 11.7. The first-order valence-electron chi connectivity index (χ1n) is 6.76. The molecule has 0 radical (unpaired) electrons. The molecule has 0 saturated carbocycles. The molecule has 0 fully saturated rings. The number of hydrogen-bond acceptors (Lipinski definition) is 4. The lowest BCUT2D eigenvalue weighted by Gasteiger charge is -2.15. The number of thiophene rings is 1. The molecule has 0 bridgehead atoms. The Hall–Kier alpha value is -1.10. The second-order valence-corrected chi connectivity index (χ2v) is 5.83. The summed E-state index contributed by atoms with van der Waals surface area (Å²) < 4.78 is 5.61. The molecule has 0 amide bonds. The van der Waals surface area contributed by atoms with Crippen molar-refractivity contribution in [1.29, 1.82) is 0 Å². The summed E-state index contributed by atoms with van der Waals surface area (Å²) in [5.74, 6) is 1.07. The van der Waals surface area contributed by atoms with E-state index in [9.17, 15) is 0 Å². The van der Waals surface area contributed by atoms with Crippen LogP contribution in [-0.2, 0) is 19.6 Å². The number of furan rings is 1. The normalized spacial score (nSPS) is 11.3. The van der Waals surface area contributed by atoms with E-state index in [4.69, 9.17) is 4.42 Å². The molecule has 0 saturated heterocycles. The molecule has 2 aromatic rings. The summed E-state index contributed by atoms with van der Waals surface area (Å²) in [6.45, 7) is 5.95. The molecule has 2 rings (SSSR count). The zero-order chi connectivity index (χ0) is 13.5. The predicted molar refractivity (Wildman–Crippen MR) is 80.2 cm³/mol. The Bertz CT molecular complexity index is 464. The van der Waals surface area contributed by atoms with E-state index in [1.54, 1.807) is 17.6 Å². The van der Waals surface area contributed by atoms with E-state index in [0.29, 0.717) is 0 Å². The van der Waals surface area contributed by atoms with Gasteiger partial charge in [-0.1, -0.05) is 13.0 Å². The third-order valence-electron chi connectivity index (χ3n) is 3.00. The van der Waals surface area contributed by atoms with Crippen molar-refractivity contribution in [1.82, 2.24) is 10.2 Å². The smallest absolute Gasteiger partial charge is 0.122 e. The van der Waals surface area contributed by atoms with Crippen LogP contribution in [-0.4, -0.2) is 18.5 Å². The van der Waals surface area contributed by atoms with Crippen molar-refractivity contribution in [3.05, 3.63) is 46.0 Å². The molecule has 0 aliphatic carbocycles. The van der Waals surface area contributed by atoms with Crippen LogP contribution in [0.4, 0.5) is 0 Å². The lowest BCUT2D eigenvalue weighted by atomic mass is 10.2. The monoisotopic (exact) mass is 278 g/mol.